The summed E-state index contributed by atoms with van der Waals surface area (Å²) < 4.78 is 30.6. The number of nitrogens with one attached hydrogen (secondary N) is 1. The molecule has 0 bridgehead atoms. The summed E-state index contributed by atoms with van der Waals surface area (Å²) in [5, 5.41) is 9.48. The first kappa shape index (κ1) is 27.6. The fourth-order valence-electron chi connectivity index (χ4n) is 4.58. The van der Waals surface area contributed by atoms with E-state index >= 15 is 0 Å². The van der Waals surface area contributed by atoms with Crippen molar-refractivity contribution in [3.63, 3.8) is 0 Å². The van der Waals surface area contributed by atoms with Gasteiger partial charge in [-0.25, -0.2) is 13.1 Å². The molecule has 1 aromatic heterocycles. The number of nitrogens with zero attached hydrogens (tertiary/aromatic N) is 3. The number of rotatable bonds is 9. The highest BCUT2D eigenvalue weighted by Crippen LogP contribution is 2.29. The summed E-state index contributed by atoms with van der Waals surface area (Å²) in [4.78, 5) is 13.6. The molecule has 204 valence electrons. The fourth-order valence-corrected chi connectivity index (χ4v) is 6.57. The van der Waals surface area contributed by atoms with Gasteiger partial charge in [-0.1, -0.05) is 104 Å². The standard InChI is InChI=1S/C31H29ClN4O3S/c1-22(2)20-35(40(38,39)29-18-10-14-23-11-6-7-15-25(23)29)21-31(37)33-30-19-27(24-12-4-3-5-13-24)34-36(30)28-17-9-8-16-26(28)32/h3-19,22H,20-21H2,1-2H3,(H,33,37). The zero-order valence-electron chi connectivity index (χ0n) is 22.2. The SMILES string of the molecule is CC(C)CN(CC(=O)Nc1cc(-c2ccccc2)nn1-c1ccccc1Cl)S(=O)(=O)c1cccc2ccccc12. The summed E-state index contributed by atoms with van der Waals surface area (Å²) in [5.41, 5.74) is 2.09. The number of amides is 1. The first-order valence-electron chi connectivity index (χ1n) is 12.9. The number of benzene rings is 4. The molecule has 1 heterocycles. The van der Waals surface area contributed by atoms with Crippen molar-refractivity contribution in [1.29, 1.82) is 0 Å². The maximum atomic E-state index is 13.9. The van der Waals surface area contributed by atoms with Crippen LogP contribution in [0.1, 0.15) is 13.8 Å². The van der Waals surface area contributed by atoms with Crippen LogP contribution in [0, 0.1) is 5.92 Å². The van der Waals surface area contributed by atoms with Crippen molar-refractivity contribution in [2.75, 3.05) is 18.4 Å². The first-order chi connectivity index (χ1) is 19.2. The molecule has 40 heavy (non-hydrogen) atoms. The third-order valence-corrected chi connectivity index (χ3v) is 8.57. The Labute approximate surface area is 239 Å². The highest BCUT2D eigenvalue weighted by molar-refractivity contribution is 7.89. The fraction of sp³-hybridized carbons (Fsp3) is 0.161. The molecular weight excluding hydrogens is 544 g/mol. The second-order valence-corrected chi connectivity index (χ2v) is 12.2. The molecule has 5 rings (SSSR count). The lowest BCUT2D eigenvalue weighted by molar-refractivity contribution is -0.116. The van der Waals surface area contributed by atoms with Crippen LogP contribution in [-0.2, 0) is 14.8 Å². The second kappa shape index (κ2) is 11.6. The Morgan fingerprint density at radius 3 is 2.35 bits per heavy atom. The molecule has 1 amide bonds. The summed E-state index contributed by atoms with van der Waals surface area (Å²) in [5.74, 6) is -0.114. The minimum Gasteiger partial charge on any atom is -0.309 e. The Kier molecular flexibility index (Phi) is 8.02. The third kappa shape index (κ3) is 5.79. The Morgan fingerprint density at radius 1 is 0.925 bits per heavy atom. The molecule has 0 aliphatic rings. The number of sulfonamides is 1. The van der Waals surface area contributed by atoms with E-state index in [-0.39, 0.29) is 23.9 Å². The van der Waals surface area contributed by atoms with E-state index in [1.165, 1.54) is 4.31 Å². The van der Waals surface area contributed by atoms with Gasteiger partial charge in [-0.05, 0) is 29.5 Å². The van der Waals surface area contributed by atoms with Crippen molar-refractivity contribution in [3.8, 4) is 16.9 Å². The van der Waals surface area contributed by atoms with Crippen molar-refractivity contribution in [1.82, 2.24) is 14.1 Å². The van der Waals surface area contributed by atoms with E-state index in [2.05, 4.69) is 5.32 Å². The molecule has 0 aliphatic carbocycles. The average molecular weight is 573 g/mol. The van der Waals surface area contributed by atoms with Crippen LogP contribution in [0.5, 0.6) is 0 Å². The molecule has 0 atom stereocenters. The molecule has 0 spiro atoms. The summed E-state index contributed by atoms with van der Waals surface area (Å²) in [7, 11) is -3.99. The highest BCUT2D eigenvalue weighted by atomic mass is 35.5. The Bertz CT molecular complexity index is 1760. The van der Waals surface area contributed by atoms with Gasteiger partial charge in [-0.15, -0.1) is 0 Å². The minimum absolute atomic E-state index is 0.00381. The minimum atomic E-state index is -3.99. The van der Waals surface area contributed by atoms with E-state index < -0.39 is 15.9 Å². The smallest absolute Gasteiger partial charge is 0.244 e. The molecule has 7 nitrogen and oxygen atoms in total. The lowest BCUT2D eigenvalue weighted by Gasteiger charge is -2.24. The normalized spacial score (nSPS) is 11.8. The van der Waals surface area contributed by atoms with Gasteiger partial charge in [0.15, 0.2) is 0 Å². The second-order valence-electron chi connectivity index (χ2n) is 9.86. The van der Waals surface area contributed by atoms with Gasteiger partial charge >= 0.3 is 0 Å². The molecule has 4 aromatic carbocycles. The lowest BCUT2D eigenvalue weighted by Crippen LogP contribution is -2.40. The van der Waals surface area contributed by atoms with Gasteiger partial charge in [-0.3, -0.25) is 4.79 Å². The predicted molar refractivity (Wildman–Crippen MR) is 160 cm³/mol. The zero-order valence-corrected chi connectivity index (χ0v) is 23.7. The number of hydrogen-bond acceptors (Lipinski definition) is 4. The monoisotopic (exact) mass is 572 g/mol. The number of carbonyl (C=O) groups is 1. The van der Waals surface area contributed by atoms with Crippen LogP contribution in [0.2, 0.25) is 5.02 Å². The maximum absolute atomic E-state index is 13.9. The number of aromatic nitrogens is 2. The molecular formula is C31H29ClN4O3S. The van der Waals surface area contributed by atoms with Crippen molar-refractivity contribution >= 4 is 44.1 Å². The molecule has 0 saturated carbocycles. The molecule has 5 aromatic rings. The van der Waals surface area contributed by atoms with Gasteiger partial charge in [0.05, 0.1) is 27.8 Å². The molecule has 0 saturated heterocycles. The van der Waals surface area contributed by atoms with E-state index in [1.54, 1.807) is 47.1 Å². The zero-order chi connectivity index (χ0) is 28.3. The molecule has 0 unspecified atom stereocenters. The number of anilines is 1. The van der Waals surface area contributed by atoms with Gasteiger partial charge in [0.2, 0.25) is 15.9 Å². The first-order valence-corrected chi connectivity index (χ1v) is 14.7. The Balaban J connectivity index is 1.49. The molecule has 9 heteroatoms. The number of halogens is 1. The quantitative estimate of drug-likeness (QED) is 0.215. The number of carbonyl (C=O) groups excluding carboxylic acids is 1. The van der Waals surface area contributed by atoms with Crippen LogP contribution in [0.4, 0.5) is 5.82 Å². The summed E-state index contributed by atoms with van der Waals surface area (Å²) in [6.07, 6.45) is 0. The third-order valence-electron chi connectivity index (χ3n) is 6.38. The molecule has 0 fully saturated rings. The van der Waals surface area contributed by atoms with E-state index in [0.29, 0.717) is 27.6 Å². The average Bonchev–Trinajstić information content (AvgIpc) is 3.36. The van der Waals surface area contributed by atoms with Gasteiger partial charge in [0.25, 0.3) is 0 Å². The van der Waals surface area contributed by atoms with E-state index in [9.17, 15) is 13.2 Å². The van der Waals surface area contributed by atoms with Crippen molar-refractivity contribution in [3.05, 3.63) is 108 Å². The van der Waals surface area contributed by atoms with Crippen LogP contribution >= 0.6 is 11.6 Å². The van der Waals surface area contributed by atoms with Crippen molar-refractivity contribution < 1.29 is 13.2 Å². The summed E-state index contributed by atoms with van der Waals surface area (Å²) >= 11 is 6.48. The van der Waals surface area contributed by atoms with Crippen molar-refractivity contribution in [2.45, 2.75) is 18.7 Å². The number of hydrogen-bond donors (Lipinski definition) is 1. The predicted octanol–water partition coefficient (Wildman–Crippen LogP) is 6.63. The summed E-state index contributed by atoms with van der Waals surface area (Å²) in [6, 6.07) is 31.0. The van der Waals surface area contributed by atoms with E-state index in [1.807, 2.05) is 74.5 Å². The van der Waals surface area contributed by atoms with Gasteiger partial charge in [0, 0.05) is 23.6 Å². The number of fused-ring (bicyclic) bond motifs is 1. The van der Waals surface area contributed by atoms with Gasteiger partial charge in [0.1, 0.15) is 5.82 Å². The molecule has 0 aliphatic heterocycles. The Morgan fingerprint density at radius 2 is 1.60 bits per heavy atom. The van der Waals surface area contributed by atoms with E-state index in [4.69, 9.17) is 16.7 Å². The van der Waals surface area contributed by atoms with Gasteiger partial charge < -0.3 is 5.32 Å². The largest absolute Gasteiger partial charge is 0.309 e. The van der Waals surface area contributed by atoms with Crippen LogP contribution in [0.15, 0.2) is 108 Å². The van der Waals surface area contributed by atoms with Crippen LogP contribution < -0.4 is 5.32 Å². The highest BCUT2D eigenvalue weighted by Gasteiger charge is 2.29. The molecule has 0 radical (unpaired) electrons. The Hall–Kier alpha value is -3.98. The van der Waals surface area contributed by atoms with Crippen LogP contribution in [0.25, 0.3) is 27.7 Å². The maximum Gasteiger partial charge on any atom is 0.244 e. The van der Waals surface area contributed by atoms with Crippen molar-refractivity contribution in [2.24, 2.45) is 5.92 Å². The van der Waals surface area contributed by atoms with E-state index in [0.717, 1.165) is 10.9 Å². The van der Waals surface area contributed by atoms with Gasteiger partial charge in [-0.2, -0.15) is 9.40 Å². The lowest BCUT2D eigenvalue weighted by atomic mass is 10.1. The molecule has 1 N–H and O–H groups in total. The topological polar surface area (TPSA) is 84.3 Å². The van der Waals surface area contributed by atoms with Crippen LogP contribution in [0.3, 0.4) is 0 Å². The van der Waals surface area contributed by atoms with Crippen LogP contribution in [-0.4, -0.2) is 41.5 Å². The number of para-hydroxylation sites is 1. The summed E-state index contributed by atoms with van der Waals surface area (Å²) in [6.45, 7) is 3.65.